The molecule has 0 aromatic heterocycles. The standard InChI is InChI=1S/C14H17ClF3NO/c1-10(2)19-9-11-4-5-13(20-7-3-6-15)12(8-11)14(16,17)18/h3-6,8,10,19H,7,9H2,1-2H3. The lowest BCUT2D eigenvalue weighted by atomic mass is 10.1. The molecular weight excluding hydrogens is 291 g/mol. The van der Waals surface area contributed by atoms with Gasteiger partial charge in [-0.05, 0) is 23.8 Å². The third kappa shape index (κ3) is 5.43. The Morgan fingerprint density at radius 2 is 2.05 bits per heavy atom. The van der Waals surface area contributed by atoms with Crippen LogP contribution in [0, 0.1) is 0 Å². The van der Waals surface area contributed by atoms with Gasteiger partial charge in [0.05, 0.1) is 5.56 Å². The Bertz CT molecular complexity index is 458. The molecule has 0 bridgehead atoms. The molecule has 20 heavy (non-hydrogen) atoms. The molecule has 0 unspecified atom stereocenters. The Labute approximate surface area is 121 Å². The molecule has 0 saturated carbocycles. The molecule has 2 nitrogen and oxygen atoms in total. The smallest absolute Gasteiger partial charge is 0.419 e. The average molecular weight is 308 g/mol. The molecule has 1 aromatic rings. The highest BCUT2D eigenvalue weighted by atomic mass is 35.5. The van der Waals surface area contributed by atoms with Crippen molar-refractivity contribution in [3.63, 3.8) is 0 Å². The highest BCUT2D eigenvalue weighted by Crippen LogP contribution is 2.36. The zero-order valence-electron chi connectivity index (χ0n) is 11.3. The predicted octanol–water partition coefficient (Wildman–Crippen LogP) is 4.33. The van der Waals surface area contributed by atoms with Crippen LogP contribution in [-0.2, 0) is 12.7 Å². The fraction of sp³-hybridized carbons (Fsp3) is 0.429. The van der Waals surface area contributed by atoms with E-state index in [1.165, 1.54) is 17.7 Å². The molecule has 1 aromatic carbocycles. The topological polar surface area (TPSA) is 21.3 Å². The minimum Gasteiger partial charge on any atom is -0.489 e. The molecular formula is C14H17ClF3NO. The fourth-order valence-corrected chi connectivity index (χ4v) is 1.60. The molecule has 0 radical (unpaired) electrons. The van der Waals surface area contributed by atoms with E-state index in [0.29, 0.717) is 12.1 Å². The third-order valence-electron chi connectivity index (χ3n) is 2.49. The maximum atomic E-state index is 13.0. The number of hydrogen-bond acceptors (Lipinski definition) is 2. The lowest BCUT2D eigenvalue weighted by Crippen LogP contribution is -2.22. The van der Waals surface area contributed by atoms with Crippen molar-refractivity contribution >= 4 is 11.6 Å². The van der Waals surface area contributed by atoms with Crippen molar-refractivity contribution in [2.75, 3.05) is 6.61 Å². The van der Waals surface area contributed by atoms with Gasteiger partial charge in [0.1, 0.15) is 12.4 Å². The predicted molar refractivity (Wildman–Crippen MR) is 73.9 cm³/mol. The first kappa shape index (κ1) is 16.9. The first-order valence-corrected chi connectivity index (χ1v) is 6.59. The number of ether oxygens (including phenoxy) is 1. The molecule has 0 aliphatic heterocycles. The Morgan fingerprint density at radius 1 is 1.35 bits per heavy atom. The summed E-state index contributed by atoms with van der Waals surface area (Å²) in [5, 5.41) is 3.08. The van der Waals surface area contributed by atoms with E-state index in [4.69, 9.17) is 16.3 Å². The maximum absolute atomic E-state index is 13.0. The zero-order chi connectivity index (χ0) is 15.2. The van der Waals surface area contributed by atoms with Crippen LogP contribution in [-0.4, -0.2) is 12.6 Å². The Kier molecular flexibility index (Phi) is 6.36. The van der Waals surface area contributed by atoms with Crippen LogP contribution in [0.1, 0.15) is 25.0 Å². The van der Waals surface area contributed by atoms with Crippen LogP contribution in [0.4, 0.5) is 13.2 Å². The molecule has 0 aliphatic rings. The molecule has 0 aliphatic carbocycles. The highest BCUT2D eigenvalue weighted by molar-refractivity contribution is 6.25. The molecule has 1 rings (SSSR count). The first-order valence-electron chi connectivity index (χ1n) is 6.16. The van der Waals surface area contributed by atoms with Gasteiger partial charge in [0, 0.05) is 18.1 Å². The minimum absolute atomic E-state index is 0.00380. The van der Waals surface area contributed by atoms with Gasteiger partial charge in [-0.25, -0.2) is 0 Å². The second-order valence-corrected chi connectivity index (χ2v) is 4.79. The van der Waals surface area contributed by atoms with Gasteiger partial charge in [0.2, 0.25) is 0 Å². The third-order valence-corrected chi connectivity index (χ3v) is 2.67. The van der Waals surface area contributed by atoms with Gasteiger partial charge in [0.15, 0.2) is 0 Å². The summed E-state index contributed by atoms with van der Waals surface area (Å²) in [4.78, 5) is 0. The normalized spacial score (nSPS) is 12.3. The SMILES string of the molecule is CC(C)NCc1ccc(OCC=CCl)c(C(F)(F)F)c1. The van der Waals surface area contributed by atoms with Crippen LogP contribution in [0.15, 0.2) is 29.8 Å². The molecule has 0 atom stereocenters. The summed E-state index contributed by atoms with van der Waals surface area (Å²) in [6.07, 6.45) is -3.02. The molecule has 0 heterocycles. The van der Waals surface area contributed by atoms with Gasteiger partial charge in [-0.3, -0.25) is 0 Å². The van der Waals surface area contributed by atoms with Crippen LogP contribution >= 0.6 is 11.6 Å². The van der Waals surface area contributed by atoms with Crippen LogP contribution < -0.4 is 10.1 Å². The van der Waals surface area contributed by atoms with E-state index in [9.17, 15) is 13.2 Å². The lowest BCUT2D eigenvalue weighted by molar-refractivity contribution is -0.138. The fourth-order valence-electron chi connectivity index (χ4n) is 1.53. The van der Waals surface area contributed by atoms with Crippen molar-refractivity contribution in [2.24, 2.45) is 0 Å². The van der Waals surface area contributed by atoms with Gasteiger partial charge in [-0.2, -0.15) is 13.2 Å². The highest BCUT2D eigenvalue weighted by Gasteiger charge is 2.34. The average Bonchev–Trinajstić information content (AvgIpc) is 2.36. The van der Waals surface area contributed by atoms with Gasteiger partial charge < -0.3 is 10.1 Å². The lowest BCUT2D eigenvalue weighted by Gasteiger charge is -2.15. The van der Waals surface area contributed by atoms with Gasteiger partial charge in [0.25, 0.3) is 0 Å². The van der Waals surface area contributed by atoms with Crippen LogP contribution in [0.5, 0.6) is 5.75 Å². The van der Waals surface area contributed by atoms with E-state index in [2.05, 4.69) is 5.32 Å². The molecule has 0 fully saturated rings. The summed E-state index contributed by atoms with van der Waals surface area (Å²) in [6.45, 7) is 4.24. The van der Waals surface area contributed by atoms with Gasteiger partial charge >= 0.3 is 6.18 Å². The summed E-state index contributed by atoms with van der Waals surface area (Å²) in [5.74, 6) is -0.194. The van der Waals surface area contributed by atoms with Crippen LogP contribution in [0.3, 0.4) is 0 Å². The van der Waals surface area contributed by atoms with E-state index in [1.807, 2.05) is 13.8 Å². The van der Waals surface area contributed by atoms with Gasteiger partial charge in [-0.15, -0.1) is 0 Å². The van der Waals surface area contributed by atoms with E-state index in [1.54, 1.807) is 6.07 Å². The molecule has 112 valence electrons. The number of nitrogens with one attached hydrogen (secondary N) is 1. The number of benzene rings is 1. The molecule has 0 saturated heterocycles. The Morgan fingerprint density at radius 3 is 2.60 bits per heavy atom. The number of alkyl halides is 3. The van der Waals surface area contributed by atoms with E-state index in [-0.39, 0.29) is 18.4 Å². The second-order valence-electron chi connectivity index (χ2n) is 4.54. The molecule has 1 N–H and O–H groups in total. The summed E-state index contributed by atoms with van der Waals surface area (Å²) < 4.78 is 44.0. The van der Waals surface area contributed by atoms with E-state index >= 15 is 0 Å². The van der Waals surface area contributed by atoms with Crippen molar-refractivity contribution < 1.29 is 17.9 Å². The minimum atomic E-state index is -4.45. The van der Waals surface area contributed by atoms with E-state index < -0.39 is 11.7 Å². The van der Waals surface area contributed by atoms with Crippen molar-refractivity contribution in [1.82, 2.24) is 5.32 Å². The maximum Gasteiger partial charge on any atom is 0.419 e. The Hall–Kier alpha value is -1.20. The summed E-state index contributed by atoms with van der Waals surface area (Å²) >= 11 is 5.30. The summed E-state index contributed by atoms with van der Waals surface area (Å²) in [5.41, 5.74) is 0.989. The zero-order valence-corrected chi connectivity index (χ0v) is 12.1. The summed E-state index contributed by atoms with van der Waals surface area (Å²) in [6, 6.07) is 4.26. The number of halogens is 4. The molecule has 0 amide bonds. The molecule has 6 heteroatoms. The molecule has 0 spiro atoms. The Balaban J connectivity index is 2.94. The number of rotatable bonds is 6. The quantitative estimate of drug-likeness (QED) is 0.844. The van der Waals surface area contributed by atoms with E-state index in [0.717, 1.165) is 6.07 Å². The second kappa shape index (κ2) is 7.55. The first-order chi connectivity index (χ1) is 9.34. The monoisotopic (exact) mass is 307 g/mol. The number of hydrogen-bond donors (Lipinski definition) is 1. The van der Waals surface area contributed by atoms with Crippen molar-refractivity contribution in [1.29, 1.82) is 0 Å². The van der Waals surface area contributed by atoms with Gasteiger partial charge in [-0.1, -0.05) is 31.5 Å². The van der Waals surface area contributed by atoms with Crippen molar-refractivity contribution in [3.8, 4) is 5.75 Å². The van der Waals surface area contributed by atoms with Crippen molar-refractivity contribution in [3.05, 3.63) is 40.9 Å². The van der Waals surface area contributed by atoms with Crippen molar-refractivity contribution in [2.45, 2.75) is 32.6 Å². The van der Waals surface area contributed by atoms with Crippen LogP contribution in [0.2, 0.25) is 0 Å². The summed E-state index contributed by atoms with van der Waals surface area (Å²) in [7, 11) is 0. The largest absolute Gasteiger partial charge is 0.489 e. The van der Waals surface area contributed by atoms with Crippen LogP contribution in [0.25, 0.3) is 0 Å².